The Bertz CT molecular complexity index is 599. The summed E-state index contributed by atoms with van der Waals surface area (Å²) in [5.74, 6) is -0.333. The van der Waals surface area contributed by atoms with Crippen LogP contribution in [0, 0.1) is 0 Å². The maximum Gasteiger partial charge on any atom is 0.387 e. The number of carbonyl (C=O) groups is 1. The lowest BCUT2D eigenvalue weighted by molar-refractivity contribution is -0.0500. The van der Waals surface area contributed by atoms with Crippen LogP contribution in [0.4, 0.5) is 8.78 Å². The molecule has 2 aromatic heterocycles. The Morgan fingerprint density at radius 1 is 1.38 bits per heavy atom. The monoisotopic (exact) mass is 298 g/mol. The number of ether oxygens (including phenoxy) is 1. The molecule has 0 radical (unpaired) electrons. The largest absolute Gasteiger partial charge is 0.433 e. The predicted molar refractivity (Wildman–Crippen MR) is 65.7 cm³/mol. The molecule has 112 valence electrons. The van der Waals surface area contributed by atoms with E-state index in [-0.39, 0.29) is 11.4 Å². The second-order valence-electron chi connectivity index (χ2n) is 4.59. The number of halogens is 2. The first-order valence-corrected chi connectivity index (χ1v) is 5.89. The number of alkyl halides is 2. The standard InChI is InChI=1S/C12H12F2N4O3/c1-12(2,10-16-6-20-18-10)17-9(19)8-4-3-7(5-15-8)21-11(13)14/h3-6,11H,1-2H3,(H,17,19). The van der Waals surface area contributed by atoms with Crippen LogP contribution in [0.25, 0.3) is 0 Å². The van der Waals surface area contributed by atoms with Gasteiger partial charge < -0.3 is 14.6 Å². The molecule has 9 heteroatoms. The SMILES string of the molecule is CC(C)(NC(=O)c1ccc(OC(F)F)cn1)c1ncon1. The van der Waals surface area contributed by atoms with Gasteiger partial charge in [-0.3, -0.25) is 4.79 Å². The molecule has 2 heterocycles. The molecule has 0 atom stereocenters. The van der Waals surface area contributed by atoms with Gasteiger partial charge in [0.1, 0.15) is 11.4 Å². The van der Waals surface area contributed by atoms with E-state index in [0.717, 1.165) is 12.6 Å². The van der Waals surface area contributed by atoms with E-state index in [9.17, 15) is 13.6 Å². The highest BCUT2D eigenvalue weighted by atomic mass is 19.3. The minimum atomic E-state index is -2.94. The average molecular weight is 298 g/mol. The third-order valence-corrected chi connectivity index (χ3v) is 2.54. The van der Waals surface area contributed by atoms with Gasteiger partial charge >= 0.3 is 6.61 Å². The number of hydrogen-bond acceptors (Lipinski definition) is 6. The third-order valence-electron chi connectivity index (χ3n) is 2.54. The van der Waals surface area contributed by atoms with Gasteiger partial charge in [-0.25, -0.2) is 4.98 Å². The van der Waals surface area contributed by atoms with Crippen molar-refractivity contribution in [3.05, 3.63) is 36.2 Å². The van der Waals surface area contributed by atoms with Crippen LogP contribution in [0.1, 0.15) is 30.2 Å². The van der Waals surface area contributed by atoms with E-state index in [0.29, 0.717) is 5.82 Å². The number of rotatable bonds is 5. The van der Waals surface area contributed by atoms with Gasteiger partial charge in [0.05, 0.1) is 11.7 Å². The van der Waals surface area contributed by atoms with Gasteiger partial charge in [0.25, 0.3) is 5.91 Å². The van der Waals surface area contributed by atoms with Crippen LogP contribution in [-0.2, 0) is 5.54 Å². The van der Waals surface area contributed by atoms with Crippen molar-refractivity contribution in [1.29, 1.82) is 0 Å². The van der Waals surface area contributed by atoms with Crippen molar-refractivity contribution in [3.63, 3.8) is 0 Å². The van der Waals surface area contributed by atoms with Crippen LogP contribution >= 0.6 is 0 Å². The maximum absolute atomic E-state index is 12.0. The zero-order valence-electron chi connectivity index (χ0n) is 11.2. The summed E-state index contributed by atoms with van der Waals surface area (Å²) in [7, 11) is 0. The molecule has 1 N–H and O–H groups in total. The molecule has 0 spiro atoms. The van der Waals surface area contributed by atoms with Crippen LogP contribution in [0.15, 0.2) is 29.2 Å². The molecule has 0 bridgehead atoms. The van der Waals surface area contributed by atoms with E-state index in [4.69, 9.17) is 0 Å². The average Bonchev–Trinajstić information content (AvgIpc) is 2.93. The number of carbonyl (C=O) groups excluding carboxylic acids is 1. The van der Waals surface area contributed by atoms with Crippen molar-refractivity contribution < 1.29 is 22.8 Å². The molecule has 0 saturated heterocycles. The molecule has 0 saturated carbocycles. The van der Waals surface area contributed by atoms with Crippen LogP contribution in [0.3, 0.4) is 0 Å². The Hall–Kier alpha value is -2.58. The fourth-order valence-electron chi connectivity index (χ4n) is 1.54. The highest BCUT2D eigenvalue weighted by Gasteiger charge is 2.28. The Kier molecular flexibility index (Phi) is 4.10. The zero-order chi connectivity index (χ0) is 15.5. The summed E-state index contributed by atoms with van der Waals surface area (Å²) in [6.07, 6.45) is 2.19. The molecule has 7 nitrogen and oxygen atoms in total. The lowest BCUT2D eigenvalue weighted by Gasteiger charge is -2.21. The summed E-state index contributed by atoms with van der Waals surface area (Å²) in [6, 6.07) is 2.51. The second-order valence-corrected chi connectivity index (χ2v) is 4.59. The number of hydrogen-bond donors (Lipinski definition) is 1. The number of pyridine rings is 1. The minimum Gasteiger partial charge on any atom is -0.433 e. The fraction of sp³-hybridized carbons (Fsp3) is 0.333. The number of nitrogens with one attached hydrogen (secondary N) is 1. The highest BCUT2D eigenvalue weighted by Crippen LogP contribution is 2.17. The van der Waals surface area contributed by atoms with Crippen LogP contribution < -0.4 is 10.1 Å². The van der Waals surface area contributed by atoms with Crippen molar-refractivity contribution in [2.45, 2.75) is 26.0 Å². The second kappa shape index (κ2) is 5.81. The molecule has 0 aliphatic rings. The van der Waals surface area contributed by atoms with Gasteiger partial charge in [0, 0.05) is 0 Å². The number of amides is 1. The van der Waals surface area contributed by atoms with Crippen molar-refractivity contribution in [2.24, 2.45) is 0 Å². The van der Waals surface area contributed by atoms with Gasteiger partial charge in [0.2, 0.25) is 6.39 Å². The smallest absolute Gasteiger partial charge is 0.387 e. The van der Waals surface area contributed by atoms with Crippen LogP contribution in [0.2, 0.25) is 0 Å². The molecular weight excluding hydrogens is 286 g/mol. The maximum atomic E-state index is 12.0. The molecule has 2 rings (SSSR count). The first kappa shape index (κ1) is 14.8. The summed E-state index contributed by atoms with van der Waals surface area (Å²) in [5, 5.41) is 6.32. The quantitative estimate of drug-likeness (QED) is 0.904. The predicted octanol–water partition coefficient (Wildman–Crippen LogP) is 1.73. The molecule has 2 aromatic rings. The van der Waals surface area contributed by atoms with Crippen molar-refractivity contribution >= 4 is 5.91 Å². The lowest BCUT2D eigenvalue weighted by atomic mass is 10.0. The summed E-state index contributed by atoms with van der Waals surface area (Å²) in [4.78, 5) is 19.7. The van der Waals surface area contributed by atoms with E-state index in [1.54, 1.807) is 13.8 Å². The summed E-state index contributed by atoms with van der Waals surface area (Å²) >= 11 is 0. The summed E-state index contributed by atoms with van der Waals surface area (Å²) < 4.78 is 32.8. The first-order chi connectivity index (χ1) is 9.88. The van der Waals surface area contributed by atoms with E-state index in [1.807, 2.05) is 0 Å². The normalized spacial score (nSPS) is 11.5. The summed E-state index contributed by atoms with van der Waals surface area (Å²) in [6.45, 7) is 0.428. The molecule has 0 aromatic carbocycles. The third kappa shape index (κ3) is 3.71. The Labute approximate surface area is 118 Å². The lowest BCUT2D eigenvalue weighted by Crippen LogP contribution is -2.42. The minimum absolute atomic E-state index is 0.0492. The number of aromatic nitrogens is 3. The molecule has 0 unspecified atom stereocenters. The van der Waals surface area contributed by atoms with E-state index < -0.39 is 18.1 Å². The van der Waals surface area contributed by atoms with Gasteiger partial charge in [0.15, 0.2) is 5.82 Å². The molecular formula is C12H12F2N4O3. The van der Waals surface area contributed by atoms with Crippen molar-refractivity contribution in [3.8, 4) is 5.75 Å². The van der Waals surface area contributed by atoms with E-state index in [2.05, 4.69) is 29.7 Å². The van der Waals surface area contributed by atoms with Gasteiger partial charge in [-0.1, -0.05) is 5.16 Å². The number of nitrogens with zero attached hydrogens (tertiary/aromatic N) is 3. The topological polar surface area (TPSA) is 90.1 Å². The molecule has 0 aliphatic heterocycles. The first-order valence-electron chi connectivity index (χ1n) is 5.89. The molecule has 0 fully saturated rings. The van der Waals surface area contributed by atoms with Crippen LogP contribution in [-0.4, -0.2) is 27.6 Å². The van der Waals surface area contributed by atoms with Crippen molar-refractivity contribution in [1.82, 2.24) is 20.4 Å². The molecule has 1 amide bonds. The fourth-order valence-corrected chi connectivity index (χ4v) is 1.54. The Morgan fingerprint density at radius 3 is 2.67 bits per heavy atom. The van der Waals surface area contributed by atoms with E-state index in [1.165, 1.54) is 12.1 Å². The van der Waals surface area contributed by atoms with Gasteiger partial charge in [-0.15, -0.1) is 0 Å². The highest BCUT2D eigenvalue weighted by molar-refractivity contribution is 5.92. The molecule has 0 aliphatic carbocycles. The summed E-state index contributed by atoms with van der Waals surface area (Å²) in [5.41, 5.74) is -0.822. The zero-order valence-corrected chi connectivity index (χ0v) is 11.2. The Balaban J connectivity index is 2.06. The Morgan fingerprint density at radius 2 is 2.14 bits per heavy atom. The van der Waals surface area contributed by atoms with Gasteiger partial charge in [-0.05, 0) is 26.0 Å². The molecule has 21 heavy (non-hydrogen) atoms. The van der Waals surface area contributed by atoms with Crippen LogP contribution in [0.5, 0.6) is 5.75 Å². The van der Waals surface area contributed by atoms with Gasteiger partial charge in [-0.2, -0.15) is 13.8 Å². The van der Waals surface area contributed by atoms with E-state index >= 15 is 0 Å². The van der Waals surface area contributed by atoms with Crippen molar-refractivity contribution in [2.75, 3.05) is 0 Å².